The standard InChI is InChI=1S/C40H56N6O11/c1-23-35(49)45-30(38(52)56-9)21-25-13-15-31(54-7)27(20-25)28-22-26(14-16-32(28)55-8)34(36(50)43-23)46(6)37(51)29(44-33(48)17-19-41-24(2)47)12-10-11-18-42-39(53)57-40(3,4)5/h13-16,20,22-23,29-30,34H,10-12,17-19,21H2,1-9H3,(H,41,47)(H,42,53)(H,43,50)(H,44,48)(H,45,49)/t23-,29-,30-,34-/m0/s1. The molecular formula is C40H56N6O11. The van der Waals surface area contributed by atoms with Crippen molar-refractivity contribution >= 4 is 41.6 Å². The first-order chi connectivity index (χ1) is 26.9. The Bertz CT molecular complexity index is 1790. The number of nitrogens with zero attached hydrogens (tertiary/aromatic N) is 1. The van der Waals surface area contributed by atoms with Crippen LogP contribution in [0.25, 0.3) is 11.1 Å². The molecule has 0 radical (unpaired) electrons. The van der Waals surface area contributed by atoms with Crippen LogP contribution in [0.3, 0.4) is 0 Å². The van der Waals surface area contributed by atoms with Crippen LogP contribution in [0, 0.1) is 0 Å². The van der Waals surface area contributed by atoms with Crippen LogP contribution in [-0.4, -0.2) is 112 Å². The predicted molar refractivity (Wildman–Crippen MR) is 209 cm³/mol. The molecule has 2 aromatic rings. The van der Waals surface area contributed by atoms with Crippen molar-refractivity contribution in [3.63, 3.8) is 0 Å². The Morgan fingerprint density at radius 2 is 1.53 bits per heavy atom. The maximum Gasteiger partial charge on any atom is 0.407 e. The molecule has 0 spiro atoms. The van der Waals surface area contributed by atoms with Gasteiger partial charge >= 0.3 is 12.1 Å². The van der Waals surface area contributed by atoms with E-state index in [1.54, 1.807) is 57.2 Å². The van der Waals surface area contributed by atoms with Gasteiger partial charge in [0.1, 0.15) is 41.3 Å². The van der Waals surface area contributed by atoms with Gasteiger partial charge in [-0.25, -0.2) is 9.59 Å². The van der Waals surface area contributed by atoms with Crippen molar-refractivity contribution in [2.75, 3.05) is 41.5 Å². The van der Waals surface area contributed by atoms with Crippen LogP contribution in [0.15, 0.2) is 36.4 Å². The minimum Gasteiger partial charge on any atom is -0.496 e. The summed E-state index contributed by atoms with van der Waals surface area (Å²) in [6.45, 7) is 8.28. The Kier molecular flexibility index (Phi) is 16.7. The van der Waals surface area contributed by atoms with E-state index in [-0.39, 0.29) is 38.3 Å². The molecule has 0 unspecified atom stereocenters. The van der Waals surface area contributed by atoms with Crippen molar-refractivity contribution in [3.8, 4) is 22.6 Å². The highest BCUT2D eigenvalue weighted by molar-refractivity contribution is 5.96. The molecule has 0 fully saturated rings. The monoisotopic (exact) mass is 796 g/mol. The molecule has 17 heteroatoms. The number of esters is 1. The van der Waals surface area contributed by atoms with Crippen molar-refractivity contribution in [3.05, 3.63) is 47.5 Å². The molecule has 0 aromatic heterocycles. The van der Waals surface area contributed by atoms with Gasteiger partial charge in [0, 0.05) is 51.0 Å². The van der Waals surface area contributed by atoms with Crippen molar-refractivity contribution in [1.82, 2.24) is 31.5 Å². The van der Waals surface area contributed by atoms with Crippen LogP contribution < -0.4 is 36.1 Å². The summed E-state index contributed by atoms with van der Waals surface area (Å²) < 4.78 is 21.7. The Morgan fingerprint density at radius 1 is 0.877 bits per heavy atom. The van der Waals surface area contributed by atoms with Gasteiger partial charge in [0.05, 0.1) is 21.3 Å². The van der Waals surface area contributed by atoms with E-state index in [2.05, 4.69) is 26.6 Å². The highest BCUT2D eigenvalue weighted by Gasteiger charge is 2.36. The summed E-state index contributed by atoms with van der Waals surface area (Å²) in [6, 6.07) is 5.47. The summed E-state index contributed by atoms with van der Waals surface area (Å²) in [5.41, 5.74) is 1.38. The van der Waals surface area contributed by atoms with E-state index in [9.17, 15) is 33.6 Å². The molecule has 0 aliphatic carbocycles. The summed E-state index contributed by atoms with van der Waals surface area (Å²) >= 11 is 0. The van der Waals surface area contributed by atoms with Crippen LogP contribution in [0.5, 0.6) is 11.5 Å². The minimum absolute atomic E-state index is 0.0405. The topological polar surface area (TPSA) is 220 Å². The van der Waals surface area contributed by atoms with E-state index in [0.29, 0.717) is 46.6 Å². The normalized spacial score (nSPS) is 17.3. The first-order valence-corrected chi connectivity index (χ1v) is 18.7. The number of methoxy groups -OCH3 is 3. The zero-order valence-electron chi connectivity index (χ0n) is 34.2. The SMILES string of the molecule is COC(=O)[C@@H]1Cc2ccc(OC)c(c2)-c2cc(ccc2OC)[C@H](N(C)C(=O)[C@H](CCCCNC(=O)OC(C)(C)C)NC(=O)CCNC(C)=O)C(=O)N[C@@H](C)C(=O)N1. The lowest BCUT2D eigenvalue weighted by Gasteiger charge is -2.32. The lowest BCUT2D eigenvalue weighted by atomic mass is 9.93. The molecule has 1 aliphatic heterocycles. The number of benzene rings is 2. The van der Waals surface area contributed by atoms with Crippen molar-refractivity contribution < 1.29 is 52.5 Å². The van der Waals surface area contributed by atoms with Crippen molar-refractivity contribution in [2.45, 2.75) is 96.5 Å². The van der Waals surface area contributed by atoms with E-state index in [1.807, 2.05) is 0 Å². The van der Waals surface area contributed by atoms with E-state index >= 15 is 0 Å². The lowest BCUT2D eigenvalue weighted by molar-refractivity contribution is -0.145. The average molecular weight is 797 g/mol. The quantitative estimate of drug-likeness (QED) is 0.138. The Morgan fingerprint density at radius 3 is 2.14 bits per heavy atom. The van der Waals surface area contributed by atoms with Crippen LogP contribution in [0.4, 0.5) is 4.79 Å². The predicted octanol–water partition coefficient (Wildman–Crippen LogP) is 2.29. The molecule has 1 aliphatic rings. The van der Waals surface area contributed by atoms with E-state index in [4.69, 9.17) is 18.9 Å². The summed E-state index contributed by atoms with van der Waals surface area (Å²) in [6.07, 6.45) is 0.301. The third-order valence-corrected chi connectivity index (χ3v) is 9.02. The summed E-state index contributed by atoms with van der Waals surface area (Å²) in [4.78, 5) is 92.9. The minimum atomic E-state index is -1.35. The lowest BCUT2D eigenvalue weighted by Crippen LogP contribution is -2.55. The van der Waals surface area contributed by atoms with E-state index in [0.717, 1.165) is 0 Å². The molecule has 57 heavy (non-hydrogen) atoms. The number of likely N-dealkylation sites (N-methyl/N-ethyl adjacent to an activating group) is 1. The molecule has 0 saturated carbocycles. The molecule has 312 valence electrons. The summed E-state index contributed by atoms with van der Waals surface area (Å²) in [5.74, 6) is -2.68. The molecule has 0 saturated heterocycles. The molecular weight excluding hydrogens is 740 g/mol. The second-order valence-corrected chi connectivity index (χ2v) is 14.6. The molecule has 6 amide bonds. The van der Waals surface area contributed by atoms with E-state index in [1.165, 1.54) is 47.1 Å². The fourth-order valence-corrected chi connectivity index (χ4v) is 6.20. The molecule has 17 nitrogen and oxygen atoms in total. The third-order valence-electron chi connectivity index (χ3n) is 9.02. The first-order valence-electron chi connectivity index (χ1n) is 18.7. The second kappa shape index (κ2) is 20.9. The summed E-state index contributed by atoms with van der Waals surface area (Å²) in [5, 5.41) is 13.3. The fourth-order valence-electron chi connectivity index (χ4n) is 6.20. The number of alkyl carbamates (subject to hydrolysis) is 1. The van der Waals surface area contributed by atoms with Gasteiger partial charge in [-0.3, -0.25) is 24.0 Å². The van der Waals surface area contributed by atoms with Gasteiger partial charge in [-0.2, -0.15) is 0 Å². The number of hydrogen-bond donors (Lipinski definition) is 5. The van der Waals surface area contributed by atoms with Crippen molar-refractivity contribution in [2.24, 2.45) is 0 Å². The summed E-state index contributed by atoms with van der Waals surface area (Å²) in [7, 11) is 5.60. The largest absolute Gasteiger partial charge is 0.496 e. The number of amides is 6. The van der Waals surface area contributed by atoms with Crippen LogP contribution >= 0.6 is 0 Å². The number of hydrogen-bond acceptors (Lipinski definition) is 11. The van der Waals surface area contributed by atoms with Crippen LogP contribution in [0.2, 0.25) is 0 Å². The number of carbonyl (C=O) groups is 7. The van der Waals surface area contributed by atoms with Crippen molar-refractivity contribution in [1.29, 1.82) is 0 Å². The van der Waals surface area contributed by atoms with Gasteiger partial charge in [-0.05, 0) is 82.3 Å². The Labute approximate surface area is 333 Å². The third kappa shape index (κ3) is 13.4. The number of rotatable bonds is 14. The van der Waals surface area contributed by atoms with Gasteiger partial charge in [0.25, 0.3) is 0 Å². The number of fused-ring (bicyclic) bond motifs is 5. The average Bonchev–Trinajstić information content (AvgIpc) is 3.15. The maximum absolute atomic E-state index is 14.5. The Hall–Kier alpha value is -5.87. The maximum atomic E-state index is 14.5. The number of ether oxygens (including phenoxy) is 4. The second-order valence-electron chi connectivity index (χ2n) is 14.6. The molecule has 4 bridgehead atoms. The van der Waals surface area contributed by atoms with Gasteiger partial charge in [-0.15, -0.1) is 0 Å². The Balaban J connectivity index is 2.07. The van der Waals surface area contributed by atoms with Crippen LogP contribution in [-0.2, 0) is 44.7 Å². The molecule has 5 N–H and O–H groups in total. The molecule has 3 rings (SSSR count). The zero-order chi connectivity index (χ0) is 42.4. The zero-order valence-corrected chi connectivity index (χ0v) is 34.2. The first kappa shape index (κ1) is 45.5. The molecule has 2 aromatic carbocycles. The fraction of sp³-hybridized carbons (Fsp3) is 0.525. The number of unbranched alkanes of at least 4 members (excludes halogenated alkanes) is 1. The van der Waals surface area contributed by atoms with E-state index < -0.39 is 65.5 Å². The van der Waals surface area contributed by atoms with Crippen LogP contribution in [0.1, 0.15) is 77.5 Å². The van der Waals surface area contributed by atoms with Gasteiger partial charge in [-0.1, -0.05) is 12.1 Å². The van der Waals surface area contributed by atoms with Gasteiger partial charge < -0.3 is 50.4 Å². The highest BCUT2D eigenvalue weighted by Crippen LogP contribution is 2.40. The number of carbonyl (C=O) groups excluding carboxylic acids is 7. The highest BCUT2D eigenvalue weighted by atomic mass is 16.6. The number of nitrogens with one attached hydrogen (secondary N) is 5. The van der Waals surface area contributed by atoms with Gasteiger partial charge in [0.15, 0.2) is 0 Å². The van der Waals surface area contributed by atoms with Gasteiger partial charge in [0.2, 0.25) is 29.5 Å². The smallest absolute Gasteiger partial charge is 0.407 e. The molecule has 4 atom stereocenters. The molecule has 1 heterocycles.